The summed E-state index contributed by atoms with van der Waals surface area (Å²) in [5.41, 5.74) is 0.590. The summed E-state index contributed by atoms with van der Waals surface area (Å²) in [6, 6.07) is 5.65. The number of nitrogens with one attached hydrogen (secondary N) is 2. The summed E-state index contributed by atoms with van der Waals surface area (Å²) in [5.74, 6) is -1.64. The van der Waals surface area contributed by atoms with Gasteiger partial charge in [0.2, 0.25) is 11.8 Å². The predicted molar refractivity (Wildman–Crippen MR) is 125 cm³/mol. The molecule has 0 aliphatic heterocycles. The maximum atomic E-state index is 13.2. The Balaban J connectivity index is 3.28. The lowest BCUT2D eigenvalue weighted by atomic mass is 9.99. The van der Waals surface area contributed by atoms with Crippen LogP contribution >= 0.6 is 0 Å². The molecule has 1 rings (SSSR count). The van der Waals surface area contributed by atoms with E-state index >= 15 is 0 Å². The van der Waals surface area contributed by atoms with Crippen LogP contribution in [0.3, 0.4) is 0 Å². The van der Waals surface area contributed by atoms with Crippen LogP contribution in [0.25, 0.3) is 6.08 Å². The van der Waals surface area contributed by atoms with Crippen LogP contribution in [0.4, 0.5) is 4.79 Å². The van der Waals surface area contributed by atoms with Crippen LogP contribution in [0.5, 0.6) is 0 Å². The van der Waals surface area contributed by atoms with Gasteiger partial charge in [0.15, 0.2) is 0 Å². The minimum absolute atomic E-state index is 0.342. The summed E-state index contributed by atoms with van der Waals surface area (Å²) in [4.78, 5) is 51.5. The minimum Gasteiger partial charge on any atom is -0.468 e. The van der Waals surface area contributed by atoms with Gasteiger partial charge in [0.25, 0.3) is 0 Å². The van der Waals surface area contributed by atoms with Crippen LogP contribution in [0, 0.1) is 0 Å². The number of hydrogen-bond donors (Lipinski definition) is 2. The molecule has 0 spiro atoms. The molecule has 2 unspecified atom stereocenters. The molecule has 0 saturated carbocycles. The Kier molecular flexibility index (Phi) is 10.6. The third kappa shape index (κ3) is 8.96. The van der Waals surface area contributed by atoms with Crippen molar-refractivity contribution in [2.24, 2.45) is 0 Å². The van der Waals surface area contributed by atoms with Gasteiger partial charge in [-0.25, -0.2) is 4.79 Å². The second-order valence-corrected chi connectivity index (χ2v) is 8.48. The average molecular weight is 462 g/mol. The number of nitrogens with zero attached hydrogens (tertiary/aromatic N) is 1. The number of hydrogen-bond acceptors (Lipinski definition) is 6. The van der Waals surface area contributed by atoms with Gasteiger partial charge in [-0.3, -0.25) is 14.4 Å². The van der Waals surface area contributed by atoms with Crippen molar-refractivity contribution in [2.45, 2.75) is 58.7 Å². The van der Waals surface area contributed by atoms with Crippen LogP contribution in [0.15, 0.2) is 30.8 Å². The molecule has 0 radical (unpaired) electrons. The zero-order valence-corrected chi connectivity index (χ0v) is 20.3. The van der Waals surface area contributed by atoms with Crippen molar-refractivity contribution in [3.8, 4) is 0 Å². The highest BCUT2D eigenvalue weighted by atomic mass is 16.6. The average Bonchev–Trinajstić information content (AvgIpc) is 2.77. The summed E-state index contributed by atoms with van der Waals surface area (Å²) in [5, 5.41) is 4.99. The number of ether oxygens (including phenoxy) is 2. The second-order valence-electron chi connectivity index (χ2n) is 8.48. The number of rotatable bonds is 10. The van der Waals surface area contributed by atoms with Crippen molar-refractivity contribution < 1.29 is 28.7 Å². The Bertz CT molecular complexity index is 862. The minimum atomic E-state index is -1.04. The lowest BCUT2D eigenvalue weighted by Crippen LogP contribution is -2.51. The molecule has 0 aliphatic carbocycles. The van der Waals surface area contributed by atoms with E-state index in [0.717, 1.165) is 5.56 Å². The van der Waals surface area contributed by atoms with Gasteiger partial charge in [0, 0.05) is 6.04 Å². The van der Waals surface area contributed by atoms with Crippen LogP contribution in [-0.2, 0) is 23.9 Å². The van der Waals surface area contributed by atoms with E-state index in [-0.39, 0.29) is 19.1 Å². The first-order valence-corrected chi connectivity index (χ1v) is 10.8. The Labute approximate surface area is 195 Å². The smallest absolute Gasteiger partial charge is 0.408 e. The number of esters is 1. The SMILES string of the molecule is C=Cc1cccc(C(C(=O)NCC(=O)OC)N(C(=O)CNC(=O)OC(C)(C)C)C(C)CC)c1. The molecule has 2 atom stereocenters. The van der Waals surface area contributed by atoms with E-state index in [1.54, 1.807) is 45.0 Å². The first-order chi connectivity index (χ1) is 15.4. The van der Waals surface area contributed by atoms with Gasteiger partial charge < -0.3 is 25.0 Å². The summed E-state index contributed by atoms with van der Waals surface area (Å²) in [7, 11) is 1.22. The highest BCUT2D eigenvalue weighted by molar-refractivity contribution is 5.92. The summed E-state index contributed by atoms with van der Waals surface area (Å²) >= 11 is 0. The first kappa shape index (κ1) is 27.7. The summed E-state index contributed by atoms with van der Waals surface area (Å²) in [6.45, 7) is 11.9. The zero-order valence-electron chi connectivity index (χ0n) is 20.3. The Morgan fingerprint density at radius 2 is 1.82 bits per heavy atom. The van der Waals surface area contributed by atoms with Gasteiger partial charge in [-0.1, -0.05) is 37.8 Å². The molecule has 0 saturated heterocycles. The van der Waals surface area contributed by atoms with Crippen molar-refractivity contribution in [3.05, 3.63) is 42.0 Å². The van der Waals surface area contributed by atoms with E-state index in [0.29, 0.717) is 12.0 Å². The lowest BCUT2D eigenvalue weighted by Gasteiger charge is -2.36. The van der Waals surface area contributed by atoms with Gasteiger partial charge in [-0.05, 0) is 51.3 Å². The van der Waals surface area contributed by atoms with E-state index in [2.05, 4.69) is 21.9 Å². The maximum Gasteiger partial charge on any atom is 0.408 e. The van der Waals surface area contributed by atoms with Gasteiger partial charge in [-0.2, -0.15) is 0 Å². The van der Waals surface area contributed by atoms with Gasteiger partial charge in [-0.15, -0.1) is 0 Å². The molecule has 182 valence electrons. The van der Waals surface area contributed by atoms with E-state index < -0.39 is 35.5 Å². The number of carbonyl (C=O) groups excluding carboxylic acids is 4. The first-order valence-electron chi connectivity index (χ1n) is 10.8. The molecule has 33 heavy (non-hydrogen) atoms. The summed E-state index contributed by atoms with van der Waals surface area (Å²) < 4.78 is 9.79. The lowest BCUT2D eigenvalue weighted by molar-refractivity contribution is -0.145. The number of alkyl carbamates (subject to hydrolysis) is 1. The fourth-order valence-corrected chi connectivity index (χ4v) is 3.02. The normalized spacial score (nSPS) is 12.7. The fourth-order valence-electron chi connectivity index (χ4n) is 3.02. The number of carbonyl (C=O) groups is 4. The molecule has 9 nitrogen and oxygen atoms in total. The third-order valence-electron chi connectivity index (χ3n) is 4.76. The van der Waals surface area contributed by atoms with E-state index in [9.17, 15) is 19.2 Å². The van der Waals surface area contributed by atoms with E-state index in [4.69, 9.17) is 4.74 Å². The van der Waals surface area contributed by atoms with E-state index in [1.807, 2.05) is 19.9 Å². The second kappa shape index (κ2) is 12.6. The molecule has 0 aromatic heterocycles. The third-order valence-corrected chi connectivity index (χ3v) is 4.76. The van der Waals surface area contributed by atoms with Crippen LogP contribution < -0.4 is 10.6 Å². The summed E-state index contributed by atoms with van der Waals surface area (Å²) in [6.07, 6.45) is 1.45. The maximum absolute atomic E-state index is 13.2. The van der Waals surface area contributed by atoms with Gasteiger partial charge in [0.05, 0.1) is 7.11 Å². The number of amides is 3. The van der Waals surface area contributed by atoms with Gasteiger partial charge in [0.1, 0.15) is 24.7 Å². The number of methoxy groups -OCH3 is 1. The molecular formula is C24H35N3O6. The highest BCUT2D eigenvalue weighted by Gasteiger charge is 2.34. The highest BCUT2D eigenvalue weighted by Crippen LogP contribution is 2.26. The topological polar surface area (TPSA) is 114 Å². The quantitative estimate of drug-likeness (QED) is 0.518. The van der Waals surface area contributed by atoms with Crippen molar-refractivity contribution in [1.82, 2.24) is 15.5 Å². The molecule has 0 heterocycles. The Hall–Kier alpha value is -3.36. The molecule has 2 N–H and O–H groups in total. The molecule has 0 bridgehead atoms. The van der Waals surface area contributed by atoms with Crippen LogP contribution in [-0.4, -0.2) is 60.6 Å². The van der Waals surface area contributed by atoms with E-state index in [1.165, 1.54) is 12.0 Å². The molecular weight excluding hydrogens is 426 g/mol. The monoisotopic (exact) mass is 461 g/mol. The van der Waals surface area contributed by atoms with Crippen molar-refractivity contribution in [3.63, 3.8) is 0 Å². The molecule has 9 heteroatoms. The molecule has 3 amide bonds. The molecule has 0 aliphatic rings. The predicted octanol–water partition coefficient (Wildman–Crippen LogP) is 2.81. The largest absolute Gasteiger partial charge is 0.468 e. The zero-order chi connectivity index (χ0) is 25.2. The standard InChI is InChI=1S/C24H35N3O6/c1-8-16(3)27(19(28)14-26-23(31)33-24(4,5)6)21(22(30)25-15-20(29)32-7)18-12-10-11-17(9-2)13-18/h9-13,16,21H,2,8,14-15H2,1,3-7H3,(H,25,30)(H,26,31). The van der Waals surface area contributed by atoms with Crippen molar-refractivity contribution in [2.75, 3.05) is 20.2 Å². The van der Waals surface area contributed by atoms with Crippen molar-refractivity contribution in [1.29, 1.82) is 0 Å². The Morgan fingerprint density at radius 3 is 2.36 bits per heavy atom. The molecule has 1 aromatic carbocycles. The molecule has 0 fully saturated rings. The van der Waals surface area contributed by atoms with Crippen LogP contribution in [0.1, 0.15) is 58.2 Å². The fraction of sp³-hybridized carbons (Fsp3) is 0.500. The Morgan fingerprint density at radius 1 is 1.15 bits per heavy atom. The number of benzene rings is 1. The molecule has 1 aromatic rings. The van der Waals surface area contributed by atoms with Crippen molar-refractivity contribution >= 4 is 30.0 Å². The van der Waals surface area contributed by atoms with Gasteiger partial charge >= 0.3 is 12.1 Å². The van der Waals surface area contributed by atoms with Crippen LogP contribution in [0.2, 0.25) is 0 Å².